The molecule has 0 atom stereocenters. The Balaban J connectivity index is 1.58. The third-order valence-corrected chi connectivity index (χ3v) is 6.32. The first-order chi connectivity index (χ1) is 17.2. The molecule has 0 aliphatic rings. The van der Waals surface area contributed by atoms with Crippen LogP contribution in [-0.2, 0) is 11.0 Å². The molecule has 2 aromatic heterocycles. The van der Waals surface area contributed by atoms with Gasteiger partial charge in [-0.15, -0.1) is 0 Å². The number of rotatable bonds is 5. The van der Waals surface area contributed by atoms with E-state index in [1.165, 1.54) is 36.4 Å². The van der Waals surface area contributed by atoms with Gasteiger partial charge in [-0.05, 0) is 48.5 Å². The summed E-state index contributed by atoms with van der Waals surface area (Å²) in [6, 6.07) is 16.6. The van der Waals surface area contributed by atoms with Crippen LogP contribution in [0.1, 0.15) is 5.56 Å². The van der Waals surface area contributed by atoms with Crippen LogP contribution in [0.4, 0.5) is 23.2 Å². The molecule has 36 heavy (non-hydrogen) atoms. The molecule has 11 heteroatoms. The molecule has 0 saturated carbocycles. The standard InChI is InChI=1S/C25H16F4N4O2S/c26-15-8-10-16(11-9-15)30-20(34)13-36-24-32-21-18-6-1-2-7-19(18)31-22(21)23(35)33(24)17-5-3-4-14(12-17)25(27,28)29/h1-12,31H,13H2,(H,30,34). The van der Waals surface area contributed by atoms with Crippen LogP contribution in [0.25, 0.3) is 27.6 Å². The minimum Gasteiger partial charge on any atom is -0.349 e. The zero-order valence-electron chi connectivity index (χ0n) is 18.3. The first-order valence-corrected chi connectivity index (χ1v) is 11.6. The summed E-state index contributed by atoms with van der Waals surface area (Å²) in [6.45, 7) is 0. The average Bonchev–Trinajstić information content (AvgIpc) is 3.23. The summed E-state index contributed by atoms with van der Waals surface area (Å²) in [5.41, 5.74) is -0.0647. The molecule has 5 rings (SSSR count). The van der Waals surface area contributed by atoms with E-state index in [0.29, 0.717) is 22.1 Å². The number of carbonyl (C=O) groups is 1. The van der Waals surface area contributed by atoms with Gasteiger partial charge in [-0.3, -0.25) is 14.2 Å². The monoisotopic (exact) mass is 512 g/mol. The van der Waals surface area contributed by atoms with Crippen molar-refractivity contribution in [3.63, 3.8) is 0 Å². The van der Waals surface area contributed by atoms with Gasteiger partial charge in [-0.1, -0.05) is 36.0 Å². The third-order valence-electron chi connectivity index (χ3n) is 5.39. The molecule has 0 radical (unpaired) electrons. The molecule has 5 aromatic rings. The van der Waals surface area contributed by atoms with Gasteiger partial charge in [0.1, 0.15) is 16.9 Å². The molecule has 0 fully saturated rings. The molecular weight excluding hydrogens is 496 g/mol. The summed E-state index contributed by atoms with van der Waals surface area (Å²) in [7, 11) is 0. The molecule has 2 heterocycles. The van der Waals surface area contributed by atoms with Crippen molar-refractivity contribution in [1.82, 2.24) is 14.5 Å². The average molecular weight is 512 g/mol. The summed E-state index contributed by atoms with van der Waals surface area (Å²) in [5.74, 6) is -1.12. The van der Waals surface area contributed by atoms with E-state index in [1.54, 1.807) is 24.3 Å². The highest BCUT2D eigenvalue weighted by Crippen LogP contribution is 2.32. The molecule has 3 aromatic carbocycles. The molecule has 182 valence electrons. The van der Waals surface area contributed by atoms with Crippen molar-refractivity contribution in [3.8, 4) is 5.69 Å². The number of halogens is 4. The van der Waals surface area contributed by atoms with Gasteiger partial charge >= 0.3 is 6.18 Å². The van der Waals surface area contributed by atoms with E-state index in [0.717, 1.165) is 28.5 Å². The van der Waals surface area contributed by atoms with Gasteiger partial charge in [0.15, 0.2) is 5.16 Å². The summed E-state index contributed by atoms with van der Waals surface area (Å²) in [6.07, 6.45) is -4.61. The van der Waals surface area contributed by atoms with Crippen molar-refractivity contribution in [1.29, 1.82) is 0 Å². The molecule has 0 aliphatic carbocycles. The van der Waals surface area contributed by atoms with Crippen LogP contribution in [0.15, 0.2) is 82.7 Å². The Morgan fingerprint density at radius 1 is 1.03 bits per heavy atom. The number of nitrogens with one attached hydrogen (secondary N) is 2. The number of thioether (sulfide) groups is 1. The normalized spacial score (nSPS) is 11.8. The number of nitrogens with zero attached hydrogens (tertiary/aromatic N) is 2. The maximum atomic E-state index is 13.5. The number of carbonyl (C=O) groups excluding carboxylic acids is 1. The second-order valence-electron chi connectivity index (χ2n) is 7.82. The number of hydrogen-bond donors (Lipinski definition) is 2. The first-order valence-electron chi connectivity index (χ1n) is 10.6. The Hall–Kier alpha value is -4.12. The van der Waals surface area contributed by atoms with Crippen molar-refractivity contribution in [2.75, 3.05) is 11.1 Å². The highest BCUT2D eigenvalue weighted by atomic mass is 32.2. The Morgan fingerprint density at radius 2 is 1.78 bits per heavy atom. The lowest BCUT2D eigenvalue weighted by atomic mass is 10.2. The SMILES string of the molecule is O=C(CSc1nc2c([nH]c3ccccc32)c(=O)n1-c1cccc(C(F)(F)F)c1)Nc1ccc(F)cc1. The van der Waals surface area contributed by atoms with Gasteiger partial charge in [0.05, 0.1) is 17.0 Å². The number of alkyl halides is 3. The van der Waals surface area contributed by atoms with E-state index in [9.17, 15) is 27.2 Å². The number of aromatic nitrogens is 3. The Morgan fingerprint density at radius 3 is 2.53 bits per heavy atom. The largest absolute Gasteiger partial charge is 0.416 e. The summed E-state index contributed by atoms with van der Waals surface area (Å²) in [5, 5.41) is 3.32. The van der Waals surface area contributed by atoms with Gasteiger partial charge in [0, 0.05) is 16.6 Å². The zero-order valence-corrected chi connectivity index (χ0v) is 19.1. The van der Waals surface area contributed by atoms with E-state index < -0.39 is 29.0 Å². The Kier molecular flexibility index (Phi) is 6.00. The molecule has 0 spiro atoms. The molecule has 0 unspecified atom stereocenters. The van der Waals surface area contributed by atoms with Crippen LogP contribution in [0.2, 0.25) is 0 Å². The van der Waals surface area contributed by atoms with Gasteiger partial charge in [0.2, 0.25) is 5.91 Å². The van der Waals surface area contributed by atoms with Gasteiger partial charge < -0.3 is 10.3 Å². The van der Waals surface area contributed by atoms with Gasteiger partial charge in [-0.2, -0.15) is 13.2 Å². The van der Waals surface area contributed by atoms with Gasteiger partial charge in [-0.25, -0.2) is 9.37 Å². The van der Waals surface area contributed by atoms with Crippen molar-refractivity contribution in [2.45, 2.75) is 11.3 Å². The Labute approximate surface area is 205 Å². The number of aromatic amines is 1. The van der Waals surface area contributed by atoms with Crippen LogP contribution in [0.5, 0.6) is 0 Å². The topological polar surface area (TPSA) is 79.8 Å². The minimum atomic E-state index is -4.61. The van der Waals surface area contributed by atoms with Crippen LogP contribution in [0, 0.1) is 5.82 Å². The van der Waals surface area contributed by atoms with E-state index in [-0.39, 0.29) is 22.1 Å². The molecule has 2 N–H and O–H groups in total. The highest BCUT2D eigenvalue weighted by molar-refractivity contribution is 7.99. The number of anilines is 1. The number of para-hydroxylation sites is 1. The molecule has 0 bridgehead atoms. The fraction of sp³-hybridized carbons (Fsp3) is 0.0800. The van der Waals surface area contributed by atoms with E-state index >= 15 is 0 Å². The number of benzene rings is 3. The number of amides is 1. The van der Waals surface area contributed by atoms with Crippen LogP contribution in [-0.4, -0.2) is 26.2 Å². The predicted octanol–water partition coefficient (Wildman–Crippen LogP) is 5.76. The summed E-state index contributed by atoms with van der Waals surface area (Å²) < 4.78 is 54.3. The quantitative estimate of drug-likeness (QED) is 0.178. The van der Waals surface area contributed by atoms with Crippen molar-refractivity contribution in [2.24, 2.45) is 0 Å². The van der Waals surface area contributed by atoms with E-state index in [4.69, 9.17) is 0 Å². The second kappa shape index (κ2) is 9.15. The van der Waals surface area contributed by atoms with Crippen molar-refractivity contribution in [3.05, 3.63) is 94.5 Å². The van der Waals surface area contributed by atoms with Crippen LogP contribution < -0.4 is 10.9 Å². The number of fused-ring (bicyclic) bond motifs is 3. The lowest BCUT2D eigenvalue weighted by Crippen LogP contribution is -2.23. The molecule has 0 aliphatic heterocycles. The zero-order chi connectivity index (χ0) is 25.4. The minimum absolute atomic E-state index is 0.0377. The fourth-order valence-corrected chi connectivity index (χ4v) is 4.55. The van der Waals surface area contributed by atoms with Gasteiger partial charge in [0.25, 0.3) is 5.56 Å². The second-order valence-corrected chi connectivity index (χ2v) is 8.76. The summed E-state index contributed by atoms with van der Waals surface area (Å²) >= 11 is 0.897. The molecule has 6 nitrogen and oxygen atoms in total. The molecule has 1 amide bonds. The first kappa shape index (κ1) is 23.6. The highest BCUT2D eigenvalue weighted by Gasteiger charge is 2.31. The maximum absolute atomic E-state index is 13.5. The summed E-state index contributed by atoms with van der Waals surface area (Å²) in [4.78, 5) is 33.6. The van der Waals surface area contributed by atoms with Crippen LogP contribution >= 0.6 is 11.8 Å². The Bertz CT molecular complexity index is 1660. The van der Waals surface area contributed by atoms with Crippen LogP contribution in [0.3, 0.4) is 0 Å². The molecular formula is C25H16F4N4O2S. The molecule has 0 saturated heterocycles. The maximum Gasteiger partial charge on any atom is 0.416 e. The van der Waals surface area contributed by atoms with Crippen molar-refractivity contribution < 1.29 is 22.4 Å². The lowest BCUT2D eigenvalue weighted by molar-refractivity contribution is -0.137. The lowest BCUT2D eigenvalue weighted by Gasteiger charge is -2.14. The third kappa shape index (κ3) is 4.57. The van der Waals surface area contributed by atoms with E-state index in [1.807, 2.05) is 0 Å². The fourth-order valence-electron chi connectivity index (χ4n) is 3.75. The smallest absolute Gasteiger partial charge is 0.349 e. The number of hydrogen-bond acceptors (Lipinski definition) is 4. The number of H-pyrrole nitrogens is 1. The van der Waals surface area contributed by atoms with E-state index in [2.05, 4.69) is 15.3 Å². The van der Waals surface area contributed by atoms with Crippen molar-refractivity contribution >= 4 is 45.3 Å². The predicted molar refractivity (Wildman–Crippen MR) is 130 cm³/mol.